The molecule has 0 bridgehead atoms. The second kappa shape index (κ2) is 4.91. The van der Waals surface area contributed by atoms with Gasteiger partial charge in [-0.05, 0) is 60.3 Å². The third-order valence-corrected chi connectivity index (χ3v) is 3.51. The first-order chi connectivity index (χ1) is 8.83. The molecule has 1 aliphatic rings. The van der Waals surface area contributed by atoms with Crippen LogP contribution in [0.5, 0.6) is 0 Å². The fourth-order valence-electron chi connectivity index (χ4n) is 2.52. The van der Waals surface area contributed by atoms with Gasteiger partial charge in [0.2, 0.25) is 0 Å². The molecule has 0 aromatic heterocycles. The highest BCUT2D eigenvalue weighted by molar-refractivity contribution is 5.65. The minimum Gasteiger partial charge on any atom is -0.316 e. The summed E-state index contributed by atoms with van der Waals surface area (Å²) >= 11 is 0. The third kappa shape index (κ3) is 2.29. The Bertz CT molecular complexity index is 563. The average molecular weight is 241 g/mol. The molecule has 0 atom stereocenters. The number of halogens is 1. The second-order valence-electron chi connectivity index (χ2n) is 4.74. The van der Waals surface area contributed by atoms with E-state index in [1.807, 2.05) is 6.07 Å². The van der Waals surface area contributed by atoms with Gasteiger partial charge in [-0.1, -0.05) is 30.3 Å². The van der Waals surface area contributed by atoms with Gasteiger partial charge in [0.05, 0.1) is 0 Å². The molecule has 0 radical (unpaired) electrons. The smallest absolute Gasteiger partial charge is 0.123 e. The Morgan fingerprint density at radius 2 is 1.61 bits per heavy atom. The molecule has 0 spiro atoms. The molecular weight excluding hydrogens is 225 g/mol. The lowest BCUT2D eigenvalue weighted by molar-refractivity contribution is 0.628. The lowest BCUT2D eigenvalue weighted by Crippen LogP contribution is -2.16. The van der Waals surface area contributed by atoms with Gasteiger partial charge < -0.3 is 5.32 Å². The van der Waals surface area contributed by atoms with Crippen molar-refractivity contribution in [3.8, 4) is 11.1 Å². The highest BCUT2D eigenvalue weighted by atomic mass is 19.1. The zero-order valence-electron chi connectivity index (χ0n) is 10.2. The van der Waals surface area contributed by atoms with Gasteiger partial charge in [-0.25, -0.2) is 4.39 Å². The summed E-state index contributed by atoms with van der Waals surface area (Å²) in [5.41, 5.74) is 4.87. The Balaban J connectivity index is 2.01. The fourth-order valence-corrected chi connectivity index (χ4v) is 2.52. The second-order valence-corrected chi connectivity index (χ2v) is 4.74. The molecule has 2 aromatic carbocycles. The fraction of sp³-hybridized carbons (Fsp3) is 0.250. The molecule has 1 N–H and O–H groups in total. The maximum atomic E-state index is 13.2. The molecule has 1 heterocycles. The van der Waals surface area contributed by atoms with E-state index in [0.717, 1.165) is 37.1 Å². The first-order valence-electron chi connectivity index (χ1n) is 6.41. The topological polar surface area (TPSA) is 12.0 Å². The van der Waals surface area contributed by atoms with Crippen LogP contribution in [0.25, 0.3) is 11.1 Å². The molecule has 92 valence electrons. The maximum Gasteiger partial charge on any atom is 0.123 e. The van der Waals surface area contributed by atoms with Crippen LogP contribution in [-0.4, -0.2) is 13.1 Å². The van der Waals surface area contributed by atoms with Crippen molar-refractivity contribution >= 4 is 0 Å². The molecule has 0 aliphatic carbocycles. The van der Waals surface area contributed by atoms with Gasteiger partial charge in [0, 0.05) is 0 Å². The molecule has 0 unspecified atom stereocenters. The highest BCUT2D eigenvalue weighted by Gasteiger charge is 2.09. The van der Waals surface area contributed by atoms with Crippen LogP contribution >= 0.6 is 0 Å². The van der Waals surface area contributed by atoms with E-state index in [0.29, 0.717) is 0 Å². The summed E-state index contributed by atoms with van der Waals surface area (Å²) in [6, 6.07) is 13.3. The predicted octanol–water partition coefficient (Wildman–Crippen LogP) is 3.18. The van der Waals surface area contributed by atoms with Crippen LogP contribution in [0.3, 0.4) is 0 Å². The minimum absolute atomic E-state index is 0.177. The van der Waals surface area contributed by atoms with Crippen molar-refractivity contribution < 1.29 is 4.39 Å². The maximum absolute atomic E-state index is 13.2. The number of nitrogens with one attached hydrogen (secondary N) is 1. The summed E-state index contributed by atoms with van der Waals surface area (Å²) in [6.07, 6.45) is 2.14. The summed E-state index contributed by atoms with van der Waals surface area (Å²) in [7, 11) is 0. The van der Waals surface area contributed by atoms with Gasteiger partial charge in [0.25, 0.3) is 0 Å². The van der Waals surface area contributed by atoms with Gasteiger partial charge >= 0.3 is 0 Å². The van der Waals surface area contributed by atoms with E-state index in [2.05, 4.69) is 23.5 Å². The van der Waals surface area contributed by atoms with E-state index in [-0.39, 0.29) is 5.82 Å². The zero-order chi connectivity index (χ0) is 12.4. The Kier molecular flexibility index (Phi) is 3.11. The van der Waals surface area contributed by atoms with Crippen LogP contribution in [0.1, 0.15) is 11.1 Å². The summed E-state index contributed by atoms with van der Waals surface area (Å²) in [6.45, 7) is 2.08. The lowest BCUT2D eigenvalue weighted by atomic mass is 9.96. The van der Waals surface area contributed by atoms with Gasteiger partial charge in [0.1, 0.15) is 5.82 Å². The van der Waals surface area contributed by atoms with Crippen LogP contribution in [0.2, 0.25) is 0 Å². The third-order valence-electron chi connectivity index (χ3n) is 3.51. The van der Waals surface area contributed by atoms with Crippen LogP contribution in [-0.2, 0) is 12.8 Å². The Morgan fingerprint density at radius 1 is 0.833 bits per heavy atom. The predicted molar refractivity (Wildman–Crippen MR) is 72.1 cm³/mol. The van der Waals surface area contributed by atoms with Gasteiger partial charge in [-0.2, -0.15) is 0 Å². The average Bonchev–Trinajstić information content (AvgIpc) is 2.63. The molecule has 0 saturated carbocycles. The van der Waals surface area contributed by atoms with Gasteiger partial charge in [-0.3, -0.25) is 0 Å². The largest absolute Gasteiger partial charge is 0.316 e. The summed E-state index contributed by atoms with van der Waals surface area (Å²) in [5.74, 6) is -0.177. The van der Waals surface area contributed by atoms with Crippen molar-refractivity contribution in [1.29, 1.82) is 0 Å². The van der Waals surface area contributed by atoms with Crippen molar-refractivity contribution in [2.24, 2.45) is 0 Å². The van der Waals surface area contributed by atoms with E-state index >= 15 is 0 Å². The number of hydrogen-bond acceptors (Lipinski definition) is 1. The minimum atomic E-state index is -0.177. The zero-order valence-corrected chi connectivity index (χ0v) is 10.2. The van der Waals surface area contributed by atoms with E-state index in [9.17, 15) is 4.39 Å². The molecule has 1 nitrogen and oxygen atoms in total. The Labute approximate surface area is 107 Å². The molecule has 18 heavy (non-hydrogen) atoms. The normalized spacial score (nSPS) is 14.9. The van der Waals surface area contributed by atoms with Gasteiger partial charge in [0.15, 0.2) is 0 Å². The van der Waals surface area contributed by atoms with E-state index in [1.165, 1.54) is 17.2 Å². The van der Waals surface area contributed by atoms with Crippen molar-refractivity contribution in [3.63, 3.8) is 0 Å². The van der Waals surface area contributed by atoms with Crippen LogP contribution in [0.4, 0.5) is 4.39 Å². The molecule has 3 rings (SSSR count). The first-order valence-corrected chi connectivity index (χ1v) is 6.41. The Morgan fingerprint density at radius 3 is 2.44 bits per heavy atom. The number of rotatable bonds is 1. The summed E-state index contributed by atoms with van der Waals surface area (Å²) in [4.78, 5) is 0. The molecule has 1 aliphatic heterocycles. The van der Waals surface area contributed by atoms with Crippen LogP contribution in [0.15, 0.2) is 42.5 Å². The molecule has 0 amide bonds. The van der Waals surface area contributed by atoms with E-state index in [1.54, 1.807) is 12.1 Å². The van der Waals surface area contributed by atoms with Gasteiger partial charge in [-0.15, -0.1) is 0 Å². The molecule has 0 fully saturated rings. The SMILES string of the molecule is Fc1cccc(-c2ccc3c(c2)CCNCC3)c1. The standard InChI is InChI=1S/C16H16FN/c17-16-3-1-2-13(11-16)14-5-4-12-6-8-18-9-7-15(12)10-14/h1-5,10-11,18H,6-9H2. The number of fused-ring (bicyclic) bond motifs is 1. The highest BCUT2D eigenvalue weighted by Crippen LogP contribution is 2.24. The molecular formula is C16H16FN. The van der Waals surface area contributed by atoms with Crippen molar-refractivity contribution in [2.45, 2.75) is 12.8 Å². The van der Waals surface area contributed by atoms with E-state index in [4.69, 9.17) is 0 Å². The quantitative estimate of drug-likeness (QED) is 0.808. The van der Waals surface area contributed by atoms with Crippen LogP contribution < -0.4 is 5.32 Å². The van der Waals surface area contributed by atoms with Crippen molar-refractivity contribution in [1.82, 2.24) is 5.32 Å². The van der Waals surface area contributed by atoms with Crippen molar-refractivity contribution in [3.05, 3.63) is 59.4 Å². The van der Waals surface area contributed by atoms with Crippen LogP contribution in [0, 0.1) is 5.82 Å². The molecule has 0 saturated heterocycles. The van der Waals surface area contributed by atoms with Crippen molar-refractivity contribution in [2.75, 3.05) is 13.1 Å². The Hall–Kier alpha value is -1.67. The summed E-state index contributed by atoms with van der Waals surface area (Å²) < 4.78 is 13.2. The lowest BCUT2D eigenvalue weighted by Gasteiger charge is -2.08. The monoisotopic (exact) mass is 241 g/mol. The first kappa shape index (κ1) is 11.4. The molecule has 2 aromatic rings. The number of hydrogen-bond donors (Lipinski definition) is 1. The van der Waals surface area contributed by atoms with E-state index < -0.39 is 0 Å². The number of benzene rings is 2. The molecule has 2 heteroatoms. The summed E-state index contributed by atoms with van der Waals surface area (Å²) in [5, 5.41) is 3.40.